The van der Waals surface area contributed by atoms with Crippen LogP contribution in [0.3, 0.4) is 0 Å². The molecule has 0 saturated heterocycles. The van der Waals surface area contributed by atoms with Gasteiger partial charge in [-0.2, -0.15) is 0 Å². The van der Waals surface area contributed by atoms with Gasteiger partial charge in [-0.1, -0.05) is 54.1 Å². The average molecular weight is 354 g/mol. The monoisotopic (exact) mass is 353 g/mol. The Labute approximate surface area is 151 Å². The van der Waals surface area contributed by atoms with Crippen LogP contribution in [0.15, 0.2) is 66.7 Å². The number of carbonyl (C=O) groups is 1. The third kappa shape index (κ3) is 4.37. The molecular weight excluding hydrogens is 338 g/mol. The molecule has 3 aromatic rings. The summed E-state index contributed by atoms with van der Waals surface area (Å²) in [5, 5.41) is 0.633. The molecule has 0 aliphatic carbocycles. The summed E-state index contributed by atoms with van der Waals surface area (Å²) in [6, 6.07) is 20.2. The standard InChI is InChI=1S/C20H16ClNO3/c1-24-20(23)16-11-18(15-7-9-17(21)10-8-15)22-19(12-16)25-13-14-5-3-2-4-6-14/h2-12H,13H2,1H3. The summed E-state index contributed by atoms with van der Waals surface area (Å²) in [6.45, 7) is 0.360. The van der Waals surface area contributed by atoms with Crippen LogP contribution in [0.2, 0.25) is 5.02 Å². The van der Waals surface area contributed by atoms with E-state index in [-0.39, 0.29) is 0 Å². The van der Waals surface area contributed by atoms with Crippen LogP contribution in [0.5, 0.6) is 5.88 Å². The minimum atomic E-state index is -0.442. The van der Waals surface area contributed by atoms with Gasteiger partial charge in [-0.25, -0.2) is 9.78 Å². The van der Waals surface area contributed by atoms with Gasteiger partial charge in [0, 0.05) is 16.7 Å². The molecule has 1 aromatic heterocycles. The number of hydrogen-bond acceptors (Lipinski definition) is 4. The second-order valence-electron chi connectivity index (χ2n) is 5.35. The van der Waals surface area contributed by atoms with Gasteiger partial charge in [-0.3, -0.25) is 0 Å². The Hall–Kier alpha value is -2.85. The first kappa shape index (κ1) is 17.0. The number of esters is 1. The molecule has 3 rings (SSSR count). The SMILES string of the molecule is COC(=O)c1cc(OCc2ccccc2)nc(-c2ccc(Cl)cc2)c1. The van der Waals surface area contributed by atoms with E-state index in [9.17, 15) is 4.79 Å². The van der Waals surface area contributed by atoms with Crippen LogP contribution in [-0.4, -0.2) is 18.1 Å². The largest absolute Gasteiger partial charge is 0.473 e. The van der Waals surface area contributed by atoms with Crippen molar-refractivity contribution in [3.8, 4) is 17.1 Å². The zero-order valence-corrected chi connectivity index (χ0v) is 14.4. The van der Waals surface area contributed by atoms with Gasteiger partial charge in [-0.15, -0.1) is 0 Å². The molecule has 0 aliphatic heterocycles. The number of pyridine rings is 1. The lowest BCUT2D eigenvalue weighted by molar-refractivity contribution is 0.0600. The van der Waals surface area contributed by atoms with Crippen LogP contribution in [0.25, 0.3) is 11.3 Å². The predicted molar refractivity (Wildman–Crippen MR) is 96.8 cm³/mol. The predicted octanol–water partition coefficient (Wildman–Crippen LogP) is 4.77. The fourth-order valence-electron chi connectivity index (χ4n) is 2.31. The van der Waals surface area contributed by atoms with Gasteiger partial charge in [-0.05, 0) is 23.8 Å². The lowest BCUT2D eigenvalue weighted by Crippen LogP contribution is -2.05. The van der Waals surface area contributed by atoms with Crippen LogP contribution < -0.4 is 4.74 Å². The summed E-state index contributed by atoms with van der Waals surface area (Å²) in [5.41, 5.74) is 2.84. The number of nitrogens with zero attached hydrogens (tertiary/aromatic N) is 1. The molecule has 0 atom stereocenters. The number of methoxy groups -OCH3 is 1. The second kappa shape index (κ2) is 7.81. The molecule has 4 nitrogen and oxygen atoms in total. The molecule has 0 aliphatic rings. The summed E-state index contributed by atoms with van der Waals surface area (Å²) in [5.74, 6) is -0.0844. The van der Waals surface area contributed by atoms with Crippen molar-refractivity contribution in [3.05, 3.63) is 82.9 Å². The lowest BCUT2D eigenvalue weighted by Gasteiger charge is -2.10. The average Bonchev–Trinajstić information content (AvgIpc) is 2.67. The van der Waals surface area contributed by atoms with E-state index in [1.807, 2.05) is 42.5 Å². The van der Waals surface area contributed by atoms with Crippen LogP contribution in [0.1, 0.15) is 15.9 Å². The molecule has 0 bridgehead atoms. The highest BCUT2D eigenvalue weighted by molar-refractivity contribution is 6.30. The normalized spacial score (nSPS) is 10.3. The van der Waals surface area contributed by atoms with Gasteiger partial charge in [0.2, 0.25) is 5.88 Å². The van der Waals surface area contributed by atoms with Crippen LogP contribution in [0.4, 0.5) is 0 Å². The number of hydrogen-bond donors (Lipinski definition) is 0. The minimum Gasteiger partial charge on any atom is -0.473 e. The summed E-state index contributed by atoms with van der Waals surface area (Å²) >= 11 is 5.93. The van der Waals surface area contributed by atoms with E-state index in [1.165, 1.54) is 7.11 Å². The molecule has 2 aromatic carbocycles. The molecule has 126 valence electrons. The van der Waals surface area contributed by atoms with Crippen molar-refractivity contribution in [1.29, 1.82) is 0 Å². The number of benzene rings is 2. The van der Waals surface area contributed by atoms with E-state index < -0.39 is 5.97 Å². The Kier molecular flexibility index (Phi) is 5.31. The molecule has 0 unspecified atom stereocenters. The zero-order valence-electron chi connectivity index (χ0n) is 13.6. The van der Waals surface area contributed by atoms with Crippen molar-refractivity contribution < 1.29 is 14.3 Å². The van der Waals surface area contributed by atoms with E-state index >= 15 is 0 Å². The molecule has 0 spiro atoms. The molecule has 0 fully saturated rings. The third-order valence-electron chi connectivity index (χ3n) is 3.59. The summed E-state index contributed by atoms with van der Waals surface area (Å²) in [4.78, 5) is 16.4. The Morgan fingerprint density at radius 3 is 2.44 bits per heavy atom. The minimum absolute atomic E-state index is 0.358. The number of aromatic nitrogens is 1. The van der Waals surface area contributed by atoms with Gasteiger partial charge >= 0.3 is 5.97 Å². The Balaban J connectivity index is 1.92. The summed E-state index contributed by atoms with van der Waals surface area (Å²) in [6.07, 6.45) is 0. The smallest absolute Gasteiger partial charge is 0.338 e. The highest BCUT2D eigenvalue weighted by atomic mass is 35.5. The number of ether oxygens (including phenoxy) is 2. The molecule has 5 heteroatoms. The van der Waals surface area contributed by atoms with Gasteiger partial charge in [0.25, 0.3) is 0 Å². The first-order valence-electron chi connectivity index (χ1n) is 7.69. The zero-order chi connectivity index (χ0) is 17.6. The molecular formula is C20H16ClNO3. The maximum Gasteiger partial charge on any atom is 0.338 e. The third-order valence-corrected chi connectivity index (χ3v) is 3.84. The summed E-state index contributed by atoms with van der Waals surface area (Å²) < 4.78 is 10.6. The second-order valence-corrected chi connectivity index (χ2v) is 5.79. The van der Waals surface area contributed by atoms with Crippen molar-refractivity contribution in [2.45, 2.75) is 6.61 Å². The van der Waals surface area contributed by atoms with Crippen LogP contribution >= 0.6 is 11.6 Å². The van der Waals surface area contributed by atoms with E-state index in [4.69, 9.17) is 21.1 Å². The number of halogens is 1. The van der Waals surface area contributed by atoms with Gasteiger partial charge in [0.1, 0.15) is 6.61 Å². The summed E-state index contributed by atoms with van der Waals surface area (Å²) in [7, 11) is 1.34. The fourth-order valence-corrected chi connectivity index (χ4v) is 2.44. The van der Waals surface area contributed by atoms with Crippen molar-refractivity contribution in [3.63, 3.8) is 0 Å². The van der Waals surface area contributed by atoms with Crippen molar-refractivity contribution in [1.82, 2.24) is 4.98 Å². The molecule has 1 heterocycles. The number of carbonyl (C=O) groups excluding carboxylic acids is 1. The number of rotatable bonds is 5. The van der Waals surface area contributed by atoms with Crippen molar-refractivity contribution in [2.75, 3.05) is 7.11 Å². The van der Waals surface area contributed by atoms with Crippen molar-refractivity contribution >= 4 is 17.6 Å². The van der Waals surface area contributed by atoms with Gasteiger partial charge in [0.15, 0.2) is 0 Å². The first-order chi connectivity index (χ1) is 12.2. The fraction of sp³-hybridized carbons (Fsp3) is 0.100. The molecule has 0 amide bonds. The Bertz CT molecular complexity index is 864. The first-order valence-corrected chi connectivity index (χ1v) is 8.06. The molecule has 0 saturated carbocycles. The van der Waals surface area contributed by atoms with Gasteiger partial charge in [0.05, 0.1) is 18.4 Å². The van der Waals surface area contributed by atoms with E-state index in [2.05, 4.69) is 4.98 Å². The van der Waals surface area contributed by atoms with Crippen LogP contribution in [0, 0.1) is 0 Å². The highest BCUT2D eigenvalue weighted by Crippen LogP contribution is 2.24. The maximum absolute atomic E-state index is 12.0. The lowest BCUT2D eigenvalue weighted by atomic mass is 10.1. The van der Waals surface area contributed by atoms with Crippen molar-refractivity contribution in [2.24, 2.45) is 0 Å². The maximum atomic E-state index is 12.0. The van der Waals surface area contributed by atoms with E-state index in [1.54, 1.807) is 24.3 Å². The highest BCUT2D eigenvalue weighted by Gasteiger charge is 2.12. The molecule has 0 N–H and O–H groups in total. The van der Waals surface area contributed by atoms with Gasteiger partial charge < -0.3 is 9.47 Å². The van der Waals surface area contributed by atoms with E-state index in [0.29, 0.717) is 28.8 Å². The Morgan fingerprint density at radius 1 is 1.04 bits per heavy atom. The topological polar surface area (TPSA) is 48.4 Å². The van der Waals surface area contributed by atoms with E-state index in [0.717, 1.165) is 11.1 Å². The molecule has 25 heavy (non-hydrogen) atoms. The Morgan fingerprint density at radius 2 is 1.76 bits per heavy atom. The van der Waals surface area contributed by atoms with Crippen LogP contribution in [-0.2, 0) is 11.3 Å². The molecule has 0 radical (unpaired) electrons. The quantitative estimate of drug-likeness (QED) is 0.620.